The fraction of sp³-hybridized carbons (Fsp3) is 0.227. The summed E-state index contributed by atoms with van der Waals surface area (Å²) in [4.78, 5) is 0. The predicted octanol–water partition coefficient (Wildman–Crippen LogP) is 4.72. The molecule has 5 radical (unpaired) electrons. The maximum atomic E-state index is 3.90. The second-order valence-corrected chi connectivity index (χ2v) is 7.03. The SMILES string of the molecule is CC(C)(C)NC([C]1[CH][CH][CH][CH]1)(c1ccccc1)c1ccccc1. The van der Waals surface area contributed by atoms with Crippen molar-refractivity contribution < 1.29 is 0 Å². The summed E-state index contributed by atoms with van der Waals surface area (Å²) in [6.07, 6.45) is 8.64. The highest BCUT2D eigenvalue weighted by Crippen LogP contribution is 2.46. The lowest BCUT2D eigenvalue weighted by Crippen LogP contribution is -2.55. The van der Waals surface area contributed by atoms with Crippen molar-refractivity contribution in [2.75, 3.05) is 0 Å². The van der Waals surface area contributed by atoms with Crippen molar-refractivity contribution in [2.45, 2.75) is 31.8 Å². The van der Waals surface area contributed by atoms with E-state index in [4.69, 9.17) is 0 Å². The fourth-order valence-corrected chi connectivity index (χ4v) is 3.28. The number of nitrogens with one attached hydrogen (secondary N) is 1. The molecule has 1 N–H and O–H groups in total. The lowest BCUT2D eigenvalue weighted by molar-refractivity contribution is 0.307. The Balaban J connectivity index is 2.20. The predicted molar refractivity (Wildman–Crippen MR) is 97.0 cm³/mol. The topological polar surface area (TPSA) is 12.0 Å². The van der Waals surface area contributed by atoms with E-state index in [1.54, 1.807) is 0 Å². The van der Waals surface area contributed by atoms with E-state index in [0.29, 0.717) is 0 Å². The molecule has 3 rings (SSSR count). The highest BCUT2D eigenvalue weighted by atomic mass is 15.1. The third-order valence-electron chi connectivity index (χ3n) is 4.07. The molecule has 23 heavy (non-hydrogen) atoms. The number of rotatable bonds is 4. The summed E-state index contributed by atoms with van der Waals surface area (Å²) in [5, 5.41) is 3.90. The first-order valence-corrected chi connectivity index (χ1v) is 8.15. The van der Waals surface area contributed by atoms with Crippen molar-refractivity contribution in [3.8, 4) is 0 Å². The van der Waals surface area contributed by atoms with Crippen molar-refractivity contribution in [2.24, 2.45) is 0 Å². The van der Waals surface area contributed by atoms with Gasteiger partial charge in [0.25, 0.3) is 0 Å². The molecule has 0 bridgehead atoms. The molecule has 0 aromatic heterocycles. The normalized spacial score (nSPS) is 16.7. The molecule has 1 nitrogen and oxygen atoms in total. The Hall–Kier alpha value is -1.60. The molecule has 0 unspecified atom stereocenters. The monoisotopic (exact) mass is 302 g/mol. The lowest BCUT2D eigenvalue weighted by atomic mass is 9.71. The average Bonchev–Trinajstić information content (AvgIpc) is 3.08. The van der Waals surface area contributed by atoms with Crippen LogP contribution in [0.4, 0.5) is 0 Å². The van der Waals surface area contributed by atoms with Gasteiger partial charge < -0.3 is 0 Å². The van der Waals surface area contributed by atoms with Gasteiger partial charge in [0.15, 0.2) is 0 Å². The van der Waals surface area contributed by atoms with Crippen LogP contribution in [-0.2, 0) is 5.54 Å². The molecule has 1 saturated carbocycles. The first-order valence-electron chi connectivity index (χ1n) is 8.15. The van der Waals surface area contributed by atoms with Crippen LogP contribution in [0.15, 0.2) is 60.7 Å². The van der Waals surface area contributed by atoms with E-state index in [1.165, 1.54) is 17.0 Å². The van der Waals surface area contributed by atoms with E-state index >= 15 is 0 Å². The Kier molecular flexibility index (Phi) is 4.59. The molecule has 0 amide bonds. The van der Waals surface area contributed by atoms with Crippen LogP contribution in [0.1, 0.15) is 31.9 Å². The largest absolute Gasteiger partial charge is 0.298 e. The van der Waals surface area contributed by atoms with E-state index in [2.05, 4.69) is 112 Å². The van der Waals surface area contributed by atoms with Gasteiger partial charge in [0, 0.05) is 11.5 Å². The van der Waals surface area contributed by atoms with Crippen LogP contribution < -0.4 is 5.32 Å². The zero-order valence-electron chi connectivity index (χ0n) is 14.1. The molecule has 0 aliphatic heterocycles. The van der Waals surface area contributed by atoms with Gasteiger partial charge in [-0.25, -0.2) is 0 Å². The van der Waals surface area contributed by atoms with E-state index in [1.807, 2.05) is 0 Å². The van der Waals surface area contributed by atoms with Gasteiger partial charge in [-0.15, -0.1) is 0 Å². The molecule has 0 heterocycles. The third-order valence-corrected chi connectivity index (χ3v) is 4.07. The maximum absolute atomic E-state index is 3.90. The van der Waals surface area contributed by atoms with Gasteiger partial charge in [0.2, 0.25) is 0 Å². The standard InChI is InChI=1S/C22H24N/c1-21(2,3)23-22(20-16-10-11-17-20,18-12-6-4-7-13-18)19-14-8-5-9-15-19/h4-17,23H,1-3H3. The Morgan fingerprint density at radius 1 is 0.652 bits per heavy atom. The maximum Gasteiger partial charge on any atom is 0.0763 e. The molecule has 1 aliphatic carbocycles. The van der Waals surface area contributed by atoms with E-state index in [9.17, 15) is 0 Å². The van der Waals surface area contributed by atoms with Crippen LogP contribution in [0.2, 0.25) is 0 Å². The lowest BCUT2D eigenvalue weighted by Gasteiger charge is -2.45. The Labute approximate surface area is 141 Å². The molecule has 1 aliphatic rings. The van der Waals surface area contributed by atoms with Crippen LogP contribution in [0.5, 0.6) is 0 Å². The van der Waals surface area contributed by atoms with Gasteiger partial charge in [-0.3, -0.25) is 5.32 Å². The molecular formula is C22H24N. The number of hydrogen-bond donors (Lipinski definition) is 1. The van der Waals surface area contributed by atoms with Crippen LogP contribution in [0, 0.1) is 31.6 Å². The molecule has 0 atom stereocenters. The van der Waals surface area contributed by atoms with E-state index < -0.39 is 0 Å². The van der Waals surface area contributed by atoms with Crippen molar-refractivity contribution in [1.82, 2.24) is 5.32 Å². The zero-order valence-corrected chi connectivity index (χ0v) is 14.1. The second-order valence-electron chi connectivity index (χ2n) is 7.03. The second kappa shape index (κ2) is 6.49. The summed E-state index contributed by atoms with van der Waals surface area (Å²) >= 11 is 0. The van der Waals surface area contributed by atoms with Gasteiger partial charge in [-0.2, -0.15) is 0 Å². The summed E-state index contributed by atoms with van der Waals surface area (Å²) in [5.74, 6) is 1.27. The first kappa shape index (κ1) is 16.3. The first-order chi connectivity index (χ1) is 11.0. The fourth-order valence-electron chi connectivity index (χ4n) is 3.28. The van der Waals surface area contributed by atoms with Crippen molar-refractivity contribution in [1.29, 1.82) is 0 Å². The van der Waals surface area contributed by atoms with Crippen molar-refractivity contribution in [3.63, 3.8) is 0 Å². The minimum atomic E-state index is -0.357. The van der Waals surface area contributed by atoms with E-state index in [0.717, 1.165) is 0 Å². The molecule has 0 spiro atoms. The molecule has 2 aromatic carbocycles. The van der Waals surface area contributed by atoms with Crippen molar-refractivity contribution >= 4 is 0 Å². The van der Waals surface area contributed by atoms with Gasteiger partial charge in [-0.1, -0.05) is 60.7 Å². The third kappa shape index (κ3) is 3.35. The summed E-state index contributed by atoms with van der Waals surface area (Å²) in [6, 6.07) is 21.4. The summed E-state index contributed by atoms with van der Waals surface area (Å²) in [7, 11) is 0. The molecule has 2 aromatic rings. The zero-order chi connectivity index (χ0) is 16.3. The minimum Gasteiger partial charge on any atom is -0.298 e. The minimum absolute atomic E-state index is 0.0387. The molecule has 117 valence electrons. The summed E-state index contributed by atoms with van der Waals surface area (Å²) < 4.78 is 0. The molecule has 0 saturated heterocycles. The molecule has 1 heteroatoms. The van der Waals surface area contributed by atoms with Crippen LogP contribution in [0.3, 0.4) is 0 Å². The van der Waals surface area contributed by atoms with Gasteiger partial charge in [0.1, 0.15) is 0 Å². The summed E-state index contributed by atoms with van der Waals surface area (Å²) in [5.41, 5.74) is 2.12. The summed E-state index contributed by atoms with van der Waals surface area (Å²) in [6.45, 7) is 6.66. The number of hydrogen-bond acceptors (Lipinski definition) is 1. The van der Waals surface area contributed by atoms with Gasteiger partial charge >= 0.3 is 0 Å². The molecule has 1 fully saturated rings. The highest BCUT2D eigenvalue weighted by molar-refractivity contribution is 5.55. The highest BCUT2D eigenvalue weighted by Gasteiger charge is 2.45. The van der Waals surface area contributed by atoms with Crippen LogP contribution in [-0.4, -0.2) is 5.54 Å². The Morgan fingerprint density at radius 2 is 1.09 bits per heavy atom. The quantitative estimate of drug-likeness (QED) is 0.861. The molecular weight excluding hydrogens is 278 g/mol. The van der Waals surface area contributed by atoms with Gasteiger partial charge in [0.05, 0.1) is 5.54 Å². The van der Waals surface area contributed by atoms with Crippen LogP contribution in [0.25, 0.3) is 0 Å². The van der Waals surface area contributed by atoms with Crippen molar-refractivity contribution in [3.05, 3.63) is 103 Å². The Bertz CT molecular complexity index is 564. The number of benzene rings is 2. The average molecular weight is 302 g/mol. The van der Waals surface area contributed by atoms with E-state index in [-0.39, 0.29) is 11.1 Å². The van der Waals surface area contributed by atoms with Gasteiger partial charge in [-0.05, 0) is 57.6 Å². The smallest absolute Gasteiger partial charge is 0.0763 e. The van der Waals surface area contributed by atoms with Crippen LogP contribution >= 0.6 is 0 Å². The Morgan fingerprint density at radius 3 is 1.48 bits per heavy atom.